The molecular formula is C23H32N3O2+. The Kier molecular flexibility index (Phi) is 7.04. The molecule has 150 valence electrons. The lowest BCUT2D eigenvalue weighted by Gasteiger charge is -2.28. The van der Waals surface area contributed by atoms with Crippen molar-refractivity contribution in [3.8, 4) is 0 Å². The minimum absolute atomic E-state index is 0.0144. The summed E-state index contributed by atoms with van der Waals surface area (Å²) in [7, 11) is 0. The SMILES string of the molecule is CCC(CC)c1cc[n+]([C@@H](C)C(=O)Nc2ccc(N3CCOCC3)cc2)cc1. The number of ether oxygens (including phenoxy) is 1. The molecule has 1 atom stereocenters. The topological polar surface area (TPSA) is 45.5 Å². The fourth-order valence-electron chi connectivity index (χ4n) is 3.70. The standard InChI is InChI=1S/C23H31N3O2/c1-4-19(5-2)20-10-12-25(13-11-20)18(3)23(27)24-21-6-8-22(9-7-21)26-14-16-28-17-15-26/h6-13,18-19H,4-5,14-17H2,1-3H3/p+1/t18-/m0/s1. The number of carbonyl (C=O) groups excluding carboxylic acids is 1. The van der Waals surface area contributed by atoms with Gasteiger partial charge in [0.2, 0.25) is 6.04 Å². The number of hydrogen-bond donors (Lipinski definition) is 1. The zero-order valence-electron chi connectivity index (χ0n) is 17.2. The van der Waals surface area contributed by atoms with E-state index in [2.05, 4.69) is 48.3 Å². The Morgan fingerprint density at radius 3 is 2.25 bits per heavy atom. The summed E-state index contributed by atoms with van der Waals surface area (Å²) in [4.78, 5) is 15.0. The van der Waals surface area contributed by atoms with Gasteiger partial charge in [0.25, 0.3) is 5.91 Å². The Morgan fingerprint density at radius 2 is 1.68 bits per heavy atom. The summed E-state index contributed by atoms with van der Waals surface area (Å²) < 4.78 is 7.36. The predicted molar refractivity (Wildman–Crippen MR) is 113 cm³/mol. The molecule has 28 heavy (non-hydrogen) atoms. The van der Waals surface area contributed by atoms with E-state index in [1.807, 2.05) is 36.0 Å². The Balaban J connectivity index is 1.60. The summed E-state index contributed by atoms with van der Waals surface area (Å²) >= 11 is 0. The number of amides is 1. The van der Waals surface area contributed by atoms with Gasteiger partial charge in [0, 0.05) is 43.5 Å². The molecule has 5 heteroatoms. The maximum Gasteiger partial charge on any atom is 0.293 e. The van der Waals surface area contributed by atoms with Crippen molar-refractivity contribution >= 4 is 17.3 Å². The minimum atomic E-state index is -0.269. The van der Waals surface area contributed by atoms with Crippen LogP contribution in [0.4, 0.5) is 11.4 Å². The molecule has 1 saturated heterocycles. The van der Waals surface area contributed by atoms with E-state index < -0.39 is 0 Å². The summed E-state index contributed by atoms with van der Waals surface area (Å²) in [6.07, 6.45) is 6.30. The first kappa shape index (κ1) is 20.3. The molecule has 2 heterocycles. The summed E-state index contributed by atoms with van der Waals surface area (Å²) in [5.74, 6) is 0.572. The second kappa shape index (κ2) is 9.69. The first-order chi connectivity index (χ1) is 13.6. The van der Waals surface area contributed by atoms with Crippen LogP contribution in [-0.2, 0) is 9.53 Å². The number of carbonyl (C=O) groups is 1. The van der Waals surface area contributed by atoms with Crippen LogP contribution in [0.3, 0.4) is 0 Å². The van der Waals surface area contributed by atoms with Gasteiger partial charge in [-0.25, -0.2) is 0 Å². The van der Waals surface area contributed by atoms with Gasteiger partial charge in [0.05, 0.1) is 13.2 Å². The molecule has 0 aliphatic carbocycles. The number of aromatic nitrogens is 1. The molecule has 1 amide bonds. The molecule has 0 saturated carbocycles. The zero-order valence-corrected chi connectivity index (χ0v) is 17.2. The Hall–Kier alpha value is -2.40. The van der Waals surface area contributed by atoms with Crippen LogP contribution in [0.1, 0.15) is 51.1 Å². The second-order valence-electron chi connectivity index (χ2n) is 7.40. The van der Waals surface area contributed by atoms with Crippen LogP contribution in [0.15, 0.2) is 48.8 Å². The van der Waals surface area contributed by atoms with E-state index >= 15 is 0 Å². The lowest BCUT2D eigenvalue weighted by Crippen LogP contribution is -2.44. The van der Waals surface area contributed by atoms with E-state index in [0.717, 1.165) is 44.8 Å². The van der Waals surface area contributed by atoms with Crippen LogP contribution < -0.4 is 14.8 Å². The molecule has 1 N–H and O–H groups in total. The highest BCUT2D eigenvalue weighted by Gasteiger charge is 2.22. The van der Waals surface area contributed by atoms with Crippen molar-refractivity contribution in [2.24, 2.45) is 0 Å². The highest BCUT2D eigenvalue weighted by atomic mass is 16.5. The summed E-state index contributed by atoms with van der Waals surface area (Å²) in [5, 5.41) is 3.03. The van der Waals surface area contributed by atoms with Gasteiger partial charge in [-0.15, -0.1) is 0 Å². The first-order valence-electron chi connectivity index (χ1n) is 10.4. The fourth-order valence-corrected chi connectivity index (χ4v) is 3.70. The molecule has 3 rings (SSSR count). The average Bonchev–Trinajstić information content (AvgIpc) is 2.76. The maximum absolute atomic E-state index is 12.7. The molecule has 1 fully saturated rings. The average molecular weight is 383 g/mol. The van der Waals surface area contributed by atoms with E-state index in [0.29, 0.717) is 5.92 Å². The molecule has 0 unspecified atom stereocenters. The van der Waals surface area contributed by atoms with Crippen molar-refractivity contribution in [1.82, 2.24) is 0 Å². The molecule has 0 spiro atoms. The molecule has 0 bridgehead atoms. The minimum Gasteiger partial charge on any atom is -0.378 e. The number of nitrogens with zero attached hydrogens (tertiary/aromatic N) is 2. The summed E-state index contributed by atoms with van der Waals surface area (Å²) in [5.41, 5.74) is 3.33. The molecule has 1 aromatic heterocycles. The quantitative estimate of drug-likeness (QED) is 0.739. The molecule has 1 aliphatic heterocycles. The number of benzene rings is 1. The third kappa shape index (κ3) is 4.90. The number of pyridine rings is 1. The Bertz CT molecular complexity index is 748. The van der Waals surface area contributed by atoms with Crippen LogP contribution in [0.5, 0.6) is 0 Å². The monoisotopic (exact) mass is 382 g/mol. The second-order valence-corrected chi connectivity index (χ2v) is 7.40. The smallest absolute Gasteiger partial charge is 0.293 e. The van der Waals surface area contributed by atoms with Gasteiger partial charge in [-0.2, -0.15) is 4.57 Å². The van der Waals surface area contributed by atoms with E-state index in [1.165, 1.54) is 11.3 Å². The van der Waals surface area contributed by atoms with Crippen LogP contribution in [-0.4, -0.2) is 32.2 Å². The predicted octanol–water partition coefficient (Wildman–Crippen LogP) is 3.91. The van der Waals surface area contributed by atoms with E-state index in [1.54, 1.807) is 0 Å². The highest BCUT2D eigenvalue weighted by Crippen LogP contribution is 2.22. The van der Waals surface area contributed by atoms with Gasteiger partial charge in [0.1, 0.15) is 0 Å². The van der Waals surface area contributed by atoms with Crippen molar-refractivity contribution in [2.75, 3.05) is 36.5 Å². The van der Waals surface area contributed by atoms with Gasteiger partial charge < -0.3 is 15.0 Å². The molecular weight excluding hydrogens is 350 g/mol. The first-order valence-corrected chi connectivity index (χ1v) is 10.4. The number of rotatable bonds is 7. The third-order valence-electron chi connectivity index (χ3n) is 5.67. The maximum atomic E-state index is 12.7. The molecule has 0 radical (unpaired) electrons. The van der Waals surface area contributed by atoms with Crippen molar-refractivity contribution in [3.05, 3.63) is 54.4 Å². The van der Waals surface area contributed by atoms with Gasteiger partial charge in [-0.05, 0) is 48.6 Å². The number of morpholine rings is 1. The van der Waals surface area contributed by atoms with Crippen molar-refractivity contribution in [3.63, 3.8) is 0 Å². The summed E-state index contributed by atoms with van der Waals surface area (Å²) in [6, 6.07) is 12.1. The third-order valence-corrected chi connectivity index (χ3v) is 5.67. The fraction of sp³-hybridized carbons (Fsp3) is 0.478. The van der Waals surface area contributed by atoms with Crippen molar-refractivity contribution in [2.45, 2.75) is 45.6 Å². The van der Waals surface area contributed by atoms with Crippen LogP contribution in [0.2, 0.25) is 0 Å². The summed E-state index contributed by atoms with van der Waals surface area (Å²) in [6.45, 7) is 9.71. The zero-order chi connectivity index (χ0) is 19.9. The number of anilines is 2. The van der Waals surface area contributed by atoms with Crippen LogP contribution in [0.25, 0.3) is 0 Å². The number of hydrogen-bond acceptors (Lipinski definition) is 3. The van der Waals surface area contributed by atoms with Gasteiger partial charge in [-0.1, -0.05) is 13.8 Å². The lowest BCUT2D eigenvalue weighted by atomic mass is 9.95. The van der Waals surface area contributed by atoms with Gasteiger partial charge in [0.15, 0.2) is 12.4 Å². The largest absolute Gasteiger partial charge is 0.378 e. The van der Waals surface area contributed by atoms with Crippen LogP contribution in [0, 0.1) is 0 Å². The van der Waals surface area contributed by atoms with E-state index in [-0.39, 0.29) is 11.9 Å². The Labute approximate surface area is 168 Å². The van der Waals surface area contributed by atoms with E-state index in [9.17, 15) is 4.79 Å². The number of nitrogens with one attached hydrogen (secondary N) is 1. The normalized spacial score (nSPS) is 15.5. The van der Waals surface area contributed by atoms with Crippen molar-refractivity contribution < 1.29 is 14.1 Å². The molecule has 1 aromatic carbocycles. The van der Waals surface area contributed by atoms with Crippen LogP contribution >= 0.6 is 0 Å². The van der Waals surface area contributed by atoms with Gasteiger partial charge >= 0.3 is 0 Å². The molecule has 5 nitrogen and oxygen atoms in total. The van der Waals surface area contributed by atoms with Crippen molar-refractivity contribution in [1.29, 1.82) is 0 Å². The highest BCUT2D eigenvalue weighted by molar-refractivity contribution is 5.92. The van der Waals surface area contributed by atoms with Gasteiger partial charge in [-0.3, -0.25) is 4.79 Å². The lowest BCUT2D eigenvalue weighted by molar-refractivity contribution is -0.705. The molecule has 2 aromatic rings. The molecule has 1 aliphatic rings. The van der Waals surface area contributed by atoms with E-state index in [4.69, 9.17) is 4.74 Å². The Morgan fingerprint density at radius 1 is 1.07 bits per heavy atom.